The summed E-state index contributed by atoms with van der Waals surface area (Å²) in [6.45, 7) is 9.33. The summed E-state index contributed by atoms with van der Waals surface area (Å²) in [5, 5.41) is 0. The van der Waals surface area contributed by atoms with Gasteiger partial charge in [0.2, 0.25) is 0 Å². The smallest absolute Gasteiger partial charge is 0.0283 e. The zero-order valence-corrected chi connectivity index (χ0v) is 18.5. The Bertz CT molecular complexity index is 813. The zero-order chi connectivity index (χ0) is 18.4. The Labute approximate surface area is 159 Å². The van der Waals surface area contributed by atoms with E-state index in [1.165, 1.54) is 45.0 Å². The SMILES string of the molecule is Cc1ccc(/C=C(/c2cc3c(cc2C)CCCC3(C)C)S(C)(C)C)s1. The summed E-state index contributed by atoms with van der Waals surface area (Å²) in [6, 6.07) is 9.51. The summed E-state index contributed by atoms with van der Waals surface area (Å²) >= 11 is 1.90. The molecule has 0 aliphatic heterocycles. The van der Waals surface area contributed by atoms with Gasteiger partial charge in [-0.05, 0) is 109 Å². The first-order valence-electron chi connectivity index (χ1n) is 9.19. The van der Waals surface area contributed by atoms with E-state index in [1.54, 1.807) is 11.1 Å². The molecule has 25 heavy (non-hydrogen) atoms. The van der Waals surface area contributed by atoms with Gasteiger partial charge >= 0.3 is 0 Å². The molecule has 0 unspecified atom stereocenters. The second-order valence-corrected chi connectivity index (χ2v) is 14.3. The molecule has 0 nitrogen and oxygen atoms in total. The lowest BCUT2D eigenvalue weighted by atomic mass is 9.72. The maximum absolute atomic E-state index is 2.54. The fraction of sp³-hybridized carbons (Fsp3) is 0.478. The van der Waals surface area contributed by atoms with E-state index < -0.39 is 10.0 Å². The van der Waals surface area contributed by atoms with E-state index in [0.29, 0.717) is 5.41 Å². The van der Waals surface area contributed by atoms with E-state index in [9.17, 15) is 0 Å². The van der Waals surface area contributed by atoms with Crippen molar-refractivity contribution in [2.45, 2.75) is 52.4 Å². The Morgan fingerprint density at radius 1 is 1.12 bits per heavy atom. The van der Waals surface area contributed by atoms with Crippen molar-refractivity contribution in [3.05, 3.63) is 56.3 Å². The molecule has 0 radical (unpaired) electrons. The Kier molecular flexibility index (Phi) is 4.98. The summed E-state index contributed by atoms with van der Waals surface area (Å²) in [7, 11) is -0.825. The van der Waals surface area contributed by atoms with Crippen molar-refractivity contribution in [1.29, 1.82) is 0 Å². The zero-order valence-electron chi connectivity index (χ0n) is 16.8. The highest BCUT2D eigenvalue weighted by Crippen LogP contribution is 2.53. The molecule has 0 N–H and O–H groups in total. The summed E-state index contributed by atoms with van der Waals surface area (Å²) in [5.74, 6) is 0. The molecule has 1 heterocycles. The second kappa shape index (κ2) is 6.63. The maximum atomic E-state index is 2.54. The number of hydrogen-bond acceptors (Lipinski definition) is 1. The van der Waals surface area contributed by atoms with E-state index >= 15 is 0 Å². The molecule has 0 fully saturated rings. The van der Waals surface area contributed by atoms with Gasteiger partial charge in [-0.15, -0.1) is 11.3 Å². The third-order valence-electron chi connectivity index (χ3n) is 5.39. The van der Waals surface area contributed by atoms with E-state index in [2.05, 4.69) is 76.8 Å². The van der Waals surface area contributed by atoms with Crippen molar-refractivity contribution < 1.29 is 0 Å². The standard InChI is InChI=1S/C23H32S2/c1-16-13-18-9-8-12-23(3,4)21(18)15-20(16)22(25(5,6)7)14-19-11-10-17(2)24-19/h10-11,13-15H,8-9,12H2,1-7H3/b22-14-. The van der Waals surface area contributed by atoms with Crippen LogP contribution in [0.4, 0.5) is 0 Å². The predicted molar refractivity (Wildman–Crippen MR) is 119 cm³/mol. The van der Waals surface area contributed by atoms with E-state index in [0.717, 1.165) is 0 Å². The molecule has 0 atom stereocenters. The first kappa shape index (κ1) is 18.8. The van der Waals surface area contributed by atoms with Crippen LogP contribution in [0.3, 0.4) is 0 Å². The highest BCUT2D eigenvalue weighted by atomic mass is 32.3. The van der Waals surface area contributed by atoms with Crippen LogP contribution in [0.5, 0.6) is 0 Å². The van der Waals surface area contributed by atoms with Gasteiger partial charge in [-0.3, -0.25) is 0 Å². The molecule has 2 heteroatoms. The van der Waals surface area contributed by atoms with Crippen molar-refractivity contribution >= 4 is 32.3 Å². The second-order valence-electron chi connectivity index (χ2n) is 8.86. The Morgan fingerprint density at radius 3 is 2.44 bits per heavy atom. The fourth-order valence-corrected chi connectivity index (χ4v) is 6.23. The molecule has 0 saturated heterocycles. The number of thiophene rings is 1. The minimum absolute atomic E-state index is 0.299. The van der Waals surface area contributed by atoms with Gasteiger partial charge in [-0.25, -0.2) is 10.0 Å². The molecule has 1 aromatic carbocycles. The number of benzene rings is 1. The number of aryl methyl sites for hydroxylation is 3. The molecule has 0 amide bonds. The summed E-state index contributed by atoms with van der Waals surface area (Å²) < 4.78 is 0. The van der Waals surface area contributed by atoms with Crippen molar-refractivity contribution in [2.24, 2.45) is 0 Å². The molecule has 1 aliphatic carbocycles. The van der Waals surface area contributed by atoms with Crippen LogP contribution in [-0.4, -0.2) is 18.8 Å². The van der Waals surface area contributed by atoms with Crippen LogP contribution in [0.1, 0.15) is 58.7 Å². The van der Waals surface area contributed by atoms with Crippen LogP contribution in [0.2, 0.25) is 0 Å². The molecular weight excluding hydrogens is 340 g/mol. The summed E-state index contributed by atoms with van der Waals surface area (Å²) in [6.07, 6.45) is 13.6. The Morgan fingerprint density at radius 2 is 1.84 bits per heavy atom. The molecule has 1 aliphatic rings. The van der Waals surface area contributed by atoms with Gasteiger partial charge in [-0.1, -0.05) is 19.9 Å². The van der Waals surface area contributed by atoms with Crippen LogP contribution in [0.15, 0.2) is 24.3 Å². The van der Waals surface area contributed by atoms with Crippen LogP contribution in [-0.2, 0) is 11.8 Å². The third-order valence-corrected chi connectivity index (χ3v) is 7.99. The average Bonchev–Trinajstić information content (AvgIpc) is 2.89. The van der Waals surface area contributed by atoms with Gasteiger partial charge in [0.25, 0.3) is 0 Å². The van der Waals surface area contributed by atoms with Crippen LogP contribution in [0.25, 0.3) is 11.0 Å². The highest BCUT2D eigenvalue weighted by molar-refractivity contribution is 8.39. The van der Waals surface area contributed by atoms with Crippen LogP contribution in [0, 0.1) is 13.8 Å². The molecule has 3 rings (SSSR count). The third kappa shape index (κ3) is 3.90. The van der Waals surface area contributed by atoms with Crippen molar-refractivity contribution in [1.82, 2.24) is 0 Å². The van der Waals surface area contributed by atoms with Crippen molar-refractivity contribution in [3.8, 4) is 0 Å². The highest BCUT2D eigenvalue weighted by Gasteiger charge is 2.29. The van der Waals surface area contributed by atoms with Crippen LogP contribution < -0.4 is 0 Å². The van der Waals surface area contributed by atoms with Gasteiger partial charge in [-0.2, -0.15) is 0 Å². The maximum Gasteiger partial charge on any atom is 0.0283 e. The molecule has 2 aromatic rings. The number of fused-ring (bicyclic) bond motifs is 1. The Hall–Kier alpha value is -0.990. The molecule has 1 aromatic heterocycles. The van der Waals surface area contributed by atoms with Gasteiger partial charge in [0.1, 0.15) is 0 Å². The minimum atomic E-state index is -0.825. The lowest BCUT2D eigenvalue weighted by molar-refractivity contribution is 0.431. The van der Waals surface area contributed by atoms with Crippen molar-refractivity contribution in [3.63, 3.8) is 0 Å². The van der Waals surface area contributed by atoms with Crippen LogP contribution >= 0.6 is 21.4 Å². The lowest BCUT2D eigenvalue weighted by Crippen LogP contribution is -2.24. The fourth-order valence-electron chi connectivity index (χ4n) is 3.97. The van der Waals surface area contributed by atoms with Crippen molar-refractivity contribution in [2.75, 3.05) is 18.8 Å². The summed E-state index contributed by atoms with van der Waals surface area (Å²) in [4.78, 5) is 4.31. The van der Waals surface area contributed by atoms with E-state index in [4.69, 9.17) is 0 Å². The van der Waals surface area contributed by atoms with Gasteiger partial charge in [0.05, 0.1) is 0 Å². The summed E-state index contributed by atoms with van der Waals surface area (Å²) in [5.41, 5.74) is 6.37. The van der Waals surface area contributed by atoms with E-state index in [1.807, 2.05) is 11.3 Å². The van der Waals surface area contributed by atoms with Gasteiger partial charge < -0.3 is 0 Å². The van der Waals surface area contributed by atoms with Gasteiger partial charge in [0, 0.05) is 9.75 Å². The molecule has 0 saturated carbocycles. The van der Waals surface area contributed by atoms with Gasteiger partial charge in [0.15, 0.2) is 0 Å². The normalized spacial score (nSPS) is 18.1. The number of rotatable bonds is 3. The van der Waals surface area contributed by atoms with E-state index in [-0.39, 0.29) is 0 Å². The minimum Gasteiger partial charge on any atom is -0.223 e. The molecular formula is C23H32S2. The number of hydrogen-bond donors (Lipinski definition) is 0. The monoisotopic (exact) mass is 372 g/mol. The largest absolute Gasteiger partial charge is 0.223 e. The first-order chi connectivity index (χ1) is 11.6. The lowest BCUT2D eigenvalue weighted by Gasteiger charge is -2.36. The topological polar surface area (TPSA) is 0 Å². The average molecular weight is 373 g/mol. The first-order valence-corrected chi connectivity index (χ1v) is 12.9. The quantitative estimate of drug-likeness (QED) is 0.535. The molecule has 136 valence electrons. The Balaban J connectivity index is 2.19. The predicted octanol–water partition coefficient (Wildman–Crippen LogP) is 7.17. The molecule has 0 spiro atoms. The molecule has 0 bridgehead atoms.